The van der Waals surface area contributed by atoms with Gasteiger partial charge >= 0.3 is 5.97 Å². The first-order valence-electron chi connectivity index (χ1n) is 9.09. The molecule has 31 heavy (non-hydrogen) atoms. The Hall–Kier alpha value is -2.86. The molecule has 0 saturated carbocycles. The summed E-state index contributed by atoms with van der Waals surface area (Å²) in [7, 11) is -1.47. The summed E-state index contributed by atoms with van der Waals surface area (Å²) in [6, 6.07) is 7.05. The molecule has 0 atom stereocenters. The molecule has 0 unspecified atom stereocenters. The lowest BCUT2D eigenvalue weighted by Gasteiger charge is -2.14. The molecule has 164 valence electrons. The fourth-order valence-corrected chi connectivity index (χ4v) is 4.76. The Morgan fingerprint density at radius 3 is 2.61 bits per heavy atom. The number of ketones is 1. The Morgan fingerprint density at radius 2 is 1.97 bits per heavy atom. The van der Waals surface area contributed by atoms with E-state index in [2.05, 4.69) is 4.98 Å². The molecular weight excluding hydrogens is 442 g/mol. The molecule has 0 aliphatic heterocycles. The first-order valence-corrected chi connectivity index (χ1v) is 11.4. The molecule has 0 amide bonds. The first-order chi connectivity index (χ1) is 14.7. The lowest BCUT2D eigenvalue weighted by atomic mass is 10.1. The van der Waals surface area contributed by atoms with Crippen molar-refractivity contribution in [2.24, 2.45) is 0 Å². The smallest absolute Gasteiger partial charge is 0.338 e. The molecular formula is C20H21N3O6S2. The van der Waals surface area contributed by atoms with E-state index in [1.807, 2.05) is 16.9 Å². The number of hydrogen-bond acceptors (Lipinski definition) is 8. The number of thiazole rings is 1. The van der Waals surface area contributed by atoms with E-state index >= 15 is 0 Å². The Labute approximate surface area is 183 Å². The first kappa shape index (κ1) is 22.8. The van der Waals surface area contributed by atoms with Crippen LogP contribution in [0.3, 0.4) is 0 Å². The Morgan fingerprint density at radius 1 is 1.23 bits per heavy atom. The van der Waals surface area contributed by atoms with E-state index < -0.39 is 22.6 Å². The minimum absolute atomic E-state index is 0.00614. The SMILES string of the molecule is CON(C)S(=O)(=O)c1cccc(C(=O)OCC(=O)c2cc(C)n(-c3nccs3)c2C)c1. The number of nitrogens with zero attached hydrogens (tertiary/aromatic N) is 3. The number of Topliss-reactive ketones (excluding diaryl/α,β-unsaturated/α-hetero) is 1. The van der Waals surface area contributed by atoms with Crippen LogP contribution in [0.2, 0.25) is 0 Å². The van der Waals surface area contributed by atoms with Crippen molar-refractivity contribution in [3.8, 4) is 5.13 Å². The number of benzene rings is 1. The number of hydroxylamine groups is 1. The van der Waals surface area contributed by atoms with E-state index in [1.165, 1.54) is 49.8 Å². The summed E-state index contributed by atoms with van der Waals surface area (Å²) < 4.78 is 32.4. The molecule has 2 aromatic heterocycles. The maximum absolute atomic E-state index is 12.7. The van der Waals surface area contributed by atoms with Gasteiger partial charge < -0.3 is 4.74 Å². The van der Waals surface area contributed by atoms with Crippen molar-refractivity contribution >= 4 is 33.1 Å². The van der Waals surface area contributed by atoms with E-state index in [1.54, 1.807) is 19.2 Å². The summed E-state index contributed by atoms with van der Waals surface area (Å²) >= 11 is 1.45. The molecule has 0 aliphatic rings. The van der Waals surface area contributed by atoms with Gasteiger partial charge in [-0.05, 0) is 38.1 Å². The van der Waals surface area contributed by atoms with Crippen LogP contribution >= 0.6 is 11.3 Å². The van der Waals surface area contributed by atoms with Gasteiger partial charge in [0, 0.05) is 35.6 Å². The number of carbonyl (C=O) groups is 2. The van der Waals surface area contributed by atoms with Crippen molar-refractivity contribution in [1.82, 2.24) is 14.0 Å². The van der Waals surface area contributed by atoms with Gasteiger partial charge in [0.15, 0.2) is 11.7 Å². The normalized spacial score (nSPS) is 11.6. The van der Waals surface area contributed by atoms with Crippen LogP contribution in [0.1, 0.15) is 32.1 Å². The maximum Gasteiger partial charge on any atom is 0.338 e. The van der Waals surface area contributed by atoms with Gasteiger partial charge in [0.2, 0.25) is 5.78 Å². The van der Waals surface area contributed by atoms with Crippen LogP contribution in [-0.2, 0) is 19.6 Å². The van der Waals surface area contributed by atoms with E-state index in [9.17, 15) is 18.0 Å². The molecule has 1 aromatic carbocycles. The molecule has 0 radical (unpaired) electrons. The minimum atomic E-state index is -3.92. The number of carbonyl (C=O) groups excluding carboxylic acids is 2. The molecule has 11 heteroatoms. The van der Waals surface area contributed by atoms with Crippen molar-refractivity contribution < 1.29 is 27.6 Å². The summed E-state index contributed by atoms with van der Waals surface area (Å²) in [5.41, 5.74) is 1.97. The zero-order valence-electron chi connectivity index (χ0n) is 17.4. The lowest BCUT2D eigenvalue weighted by Crippen LogP contribution is -2.26. The Bertz CT molecular complexity index is 1220. The highest BCUT2D eigenvalue weighted by atomic mass is 32.2. The second kappa shape index (κ2) is 9.10. The molecule has 0 N–H and O–H groups in total. The van der Waals surface area contributed by atoms with Crippen molar-refractivity contribution in [2.75, 3.05) is 20.8 Å². The summed E-state index contributed by atoms with van der Waals surface area (Å²) in [6.45, 7) is 3.18. The molecule has 0 saturated heterocycles. The monoisotopic (exact) mass is 463 g/mol. The molecule has 3 rings (SSSR count). The molecule has 0 aliphatic carbocycles. The molecule has 2 heterocycles. The lowest BCUT2D eigenvalue weighted by molar-refractivity contribution is -0.0258. The highest BCUT2D eigenvalue weighted by molar-refractivity contribution is 7.89. The predicted molar refractivity (Wildman–Crippen MR) is 114 cm³/mol. The second-order valence-electron chi connectivity index (χ2n) is 6.56. The average Bonchev–Trinajstić information content (AvgIpc) is 3.38. The number of hydrogen-bond donors (Lipinski definition) is 0. The van der Waals surface area contributed by atoms with Crippen LogP contribution in [0.15, 0.2) is 46.8 Å². The van der Waals surface area contributed by atoms with E-state index in [0.717, 1.165) is 10.8 Å². The van der Waals surface area contributed by atoms with Crippen LogP contribution in [-0.4, -0.2) is 55.0 Å². The van der Waals surface area contributed by atoms with Gasteiger partial charge in [-0.2, -0.15) is 0 Å². The van der Waals surface area contributed by atoms with E-state index in [4.69, 9.17) is 9.57 Å². The summed E-state index contributed by atoms with van der Waals surface area (Å²) in [5.74, 6) is -1.17. The zero-order chi connectivity index (χ0) is 22.8. The van der Waals surface area contributed by atoms with Crippen LogP contribution in [0, 0.1) is 13.8 Å². The third kappa shape index (κ3) is 4.59. The molecule has 0 fully saturated rings. The van der Waals surface area contributed by atoms with Crippen molar-refractivity contribution in [2.45, 2.75) is 18.7 Å². The molecule has 0 bridgehead atoms. The highest BCUT2D eigenvalue weighted by Crippen LogP contribution is 2.23. The number of ether oxygens (including phenoxy) is 1. The van der Waals surface area contributed by atoms with Crippen LogP contribution in [0.4, 0.5) is 0 Å². The number of esters is 1. The average molecular weight is 464 g/mol. The second-order valence-corrected chi connectivity index (χ2v) is 9.37. The van der Waals surface area contributed by atoms with Gasteiger partial charge in [-0.25, -0.2) is 18.2 Å². The number of sulfonamides is 1. The number of rotatable bonds is 8. The zero-order valence-corrected chi connectivity index (χ0v) is 19.0. The third-order valence-electron chi connectivity index (χ3n) is 4.64. The summed E-state index contributed by atoms with van der Waals surface area (Å²) in [4.78, 5) is 33.9. The molecule has 3 aromatic rings. The highest BCUT2D eigenvalue weighted by Gasteiger charge is 2.23. The van der Waals surface area contributed by atoms with Gasteiger partial charge in [0.05, 0.1) is 17.6 Å². The largest absolute Gasteiger partial charge is 0.454 e. The fraction of sp³-hybridized carbons (Fsp3) is 0.250. The molecule has 9 nitrogen and oxygen atoms in total. The molecule has 0 spiro atoms. The van der Waals surface area contributed by atoms with Crippen LogP contribution < -0.4 is 0 Å². The van der Waals surface area contributed by atoms with Gasteiger partial charge in [0.25, 0.3) is 10.0 Å². The maximum atomic E-state index is 12.7. The van der Waals surface area contributed by atoms with Gasteiger partial charge in [-0.15, -0.1) is 11.3 Å². The van der Waals surface area contributed by atoms with Gasteiger partial charge in [-0.1, -0.05) is 10.5 Å². The standard InChI is InChI=1S/C20H21N3O6S2/c1-13-10-17(14(2)23(13)20-21-8-9-30-20)18(24)12-29-19(25)15-6-5-7-16(11-15)31(26,27)22(3)28-4/h5-11H,12H2,1-4H3. The van der Waals surface area contributed by atoms with Gasteiger partial charge in [0.1, 0.15) is 0 Å². The van der Waals surface area contributed by atoms with Gasteiger partial charge in [-0.3, -0.25) is 14.2 Å². The minimum Gasteiger partial charge on any atom is -0.454 e. The topological polar surface area (TPSA) is 108 Å². The van der Waals surface area contributed by atoms with Crippen molar-refractivity contribution in [3.63, 3.8) is 0 Å². The van der Waals surface area contributed by atoms with Crippen molar-refractivity contribution in [3.05, 3.63) is 64.4 Å². The fourth-order valence-electron chi connectivity index (χ4n) is 2.99. The summed E-state index contributed by atoms with van der Waals surface area (Å²) in [6.07, 6.45) is 1.68. The number of aromatic nitrogens is 2. The Balaban J connectivity index is 1.74. The van der Waals surface area contributed by atoms with Crippen LogP contribution in [0.25, 0.3) is 5.13 Å². The van der Waals surface area contributed by atoms with Crippen molar-refractivity contribution in [1.29, 1.82) is 0 Å². The summed E-state index contributed by atoms with van der Waals surface area (Å²) in [5, 5.41) is 2.58. The van der Waals surface area contributed by atoms with E-state index in [0.29, 0.717) is 15.7 Å². The number of aryl methyl sites for hydroxylation is 1. The van der Waals surface area contributed by atoms with E-state index in [-0.39, 0.29) is 16.2 Å². The van der Waals surface area contributed by atoms with Crippen LogP contribution in [0.5, 0.6) is 0 Å². The predicted octanol–water partition coefficient (Wildman–Crippen LogP) is 2.77. The quantitative estimate of drug-likeness (QED) is 0.287. The Kier molecular flexibility index (Phi) is 6.70. The third-order valence-corrected chi connectivity index (χ3v) is 7.07.